The highest BCUT2D eigenvalue weighted by Gasteiger charge is 2.41. The van der Waals surface area contributed by atoms with Gasteiger partial charge in [0.25, 0.3) is 0 Å². The summed E-state index contributed by atoms with van der Waals surface area (Å²) in [6, 6.07) is 16.5. The number of hydrogen-bond acceptors (Lipinski definition) is 6. The third kappa shape index (κ3) is 3.78. The van der Waals surface area contributed by atoms with Crippen molar-refractivity contribution in [2.24, 2.45) is 0 Å². The number of benzene rings is 2. The van der Waals surface area contributed by atoms with Crippen LogP contribution in [0.1, 0.15) is 27.7 Å². The lowest BCUT2D eigenvalue weighted by Gasteiger charge is -2.28. The molecule has 1 atom stereocenters. The second kappa shape index (κ2) is 8.98. The third-order valence-electron chi connectivity index (χ3n) is 6.04. The van der Waals surface area contributed by atoms with E-state index in [0.717, 1.165) is 5.56 Å². The number of amides is 1. The van der Waals surface area contributed by atoms with Crippen LogP contribution < -0.4 is 19.6 Å². The first-order valence-electron chi connectivity index (χ1n) is 10.9. The van der Waals surface area contributed by atoms with Crippen LogP contribution in [0, 0.1) is 0 Å². The predicted octanol–water partition coefficient (Wildman–Crippen LogP) is 2.84. The number of Topliss-reactive ketones (excluding diaryl/α,β-unsaturated/α-hetero) is 1. The minimum Gasteiger partial charge on any atom is -0.868 e. The second-order valence-electron chi connectivity index (χ2n) is 8.05. The average Bonchev–Trinajstić information content (AvgIpc) is 3.44. The maximum atomic E-state index is 13.7. The molecule has 5 rings (SSSR count). The molecule has 0 radical (unpaired) electrons. The zero-order valence-electron chi connectivity index (χ0n) is 19.1. The Morgan fingerprint density at radius 3 is 2.57 bits per heavy atom. The lowest BCUT2D eigenvalue weighted by atomic mass is 9.94. The predicted molar refractivity (Wildman–Crippen MR) is 123 cm³/mol. The van der Waals surface area contributed by atoms with Crippen LogP contribution in [0.25, 0.3) is 11.0 Å². The maximum Gasteiger partial charge on any atom is 0.240 e. The first kappa shape index (κ1) is 22.2. The number of pyridine rings is 1. The van der Waals surface area contributed by atoms with Gasteiger partial charge >= 0.3 is 0 Å². The molecular weight excluding hydrogens is 448 g/mol. The van der Waals surface area contributed by atoms with Gasteiger partial charge in [0.2, 0.25) is 11.7 Å². The van der Waals surface area contributed by atoms with E-state index in [4.69, 9.17) is 13.9 Å². The number of para-hydroxylation sites is 2. The molecule has 8 heteroatoms. The summed E-state index contributed by atoms with van der Waals surface area (Å²) in [6.45, 7) is 0.120. The maximum absolute atomic E-state index is 13.7. The van der Waals surface area contributed by atoms with E-state index in [1.807, 2.05) is 6.07 Å². The Balaban J connectivity index is 1.64. The number of aromatic amines is 1. The summed E-state index contributed by atoms with van der Waals surface area (Å²) in [5.41, 5.74) is 1.51. The van der Waals surface area contributed by atoms with Crippen molar-refractivity contribution in [2.45, 2.75) is 12.6 Å². The summed E-state index contributed by atoms with van der Waals surface area (Å²) in [5.74, 6) is -1.40. The molecule has 0 spiro atoms. The zero-order valence-corrected chi connectivity index (χ0v) is 19.1. The van der Waals surface area contributed by atoms with E-state index in [9.17, 15) is 14.7 Å². The summed E-state index contributed by atoms with van der Waals surface area (Å²) in [7, 11) is 3.00. The number of carbonyl (C=O) groups is 2. The molecule has 0 aliphatic carbocycles. The van der Waals surface area contributed by atoms with Crippen molar-refractivity contribution in [2.75, 3.05) is 14.2 Å². The van der Waals surface area contributed by atoms with Gasteiger partial charge in [-0.1, -0.05) is 30.3 Å². The highest BCUT2D eigenvalue weighted by atomic mass is 16.5. The number of rotatable bonds is 7. The molecule has 0 saturated heterocycles. The van der Waals surface area contributed by atoms with Crippen molar-refractivity contribution in [3.05, 3.63) is 101 Å². The number of fused-ring (bicyclic) bond motifs is 1. The molecule has 1 unspecified atom stereocenters. The molecule has 0 saturated carbocycles. The SMILES string of the molecule is COc1ccccc1C1C(C(=O)c2cc3cccc(OC)c3o2)=C([O-])C(=O)N1Cc1ccc[nH+]c1. The highest BCUT2D eigenvalue weighted by molar-refractivity contribution is 6.16. The Labute approximate surface area is 201 Å². The topological polar surface area (TPSA) is 106 Å². The Kier molecular flexibility index (Phi) is 5.70. The average molecular weight is 470 g/mol. The standard InChI is InChI=1S/C27H22N2O6/c1-33-19-10-4-3-9-18(19)23-22(25(31)27(32)29(23)15-16-7-6-12-28-14-16)24(30)21-13-17-8-5-11-20(34-2)26(17)35-21/h3-14,23,31H,15H2,1-2H3. The summed E-state index contributed by atoms with van der Waals surface area (Å²) in [6.07, 6.45) is 3.48. The van der Waals surface area contributed by atoms with Crippen LogP contribution in [0.5, 0.6) is 11.5 Å². The van der Waals surface area contributed by atoms with Gasteiger partial charge in [-0.3, -0.25) is 9.59 Å². The molecule has 1 aliphatic heterocycles. The van der Waals surface area contributed by atoms with Gasteiger partial charge in [0.1, 0.15) is 5.75 Å². The van der Waals surface area contributed by atoms with Gasteiger partial charge in [0.15, 0.2) is 29.5 Å². The van der Waals surface area contributed by atoms with Crippen molar-refractivity contribution >= 4 is 22.7 Å². The fourth-order valence-corrected chi connectivity index (χ4v) is 4.42. The first-order valence-corrected chi connectivity index (χ1v) is 10.9. The van der Waals surface area contributed by atoms with E-state index in [2.05, 4.69) is 4.98 Å². The van der Waals surface area contributed by atoms with Crippen LogP contribution in [-0.4, -0.2) is 30.8 Å². The number of ketones is 1. The van der Waals surface area contributed by atoms with Gasteiger partial charge in [-0.25, -0.2) is 4.98 Å². The quantitative estimate of drug-likeness (QED) is 0.385. The van der Waals surface area contributed by atoms with Crippen LogP contribution in [0.2, 0.25) is 0 Å². The van der Waals surface area contributed by atoms with Crippen LogP contribution in [0.4, 0.5) is 0 Å². The van der Waals surface area contributed by atoms with Crippen LogP contribution in [0.15, 0.2) is 88.8 Å². The Hall–Kier alpha value is -4.59. The normalized spacial score (nSPS) is 15.7. The number of nitrogens with zero attached hydrogens (tertiary/aromatic N) is 1. The zero-order chi connectivity index (χ0) is 24.5. The van der Waals surface area contributed by atoms with E-state index in [1.165, 1.54) is 19.1 Å². The molecule has 1 aliphatic rings. The number of methoxy groups -OCH3 is 2. The minimum atomic E-state index is -0.950. The van der Waals surface area contributed by atoms with E-state index in [-0.39, 0.29) is 17.9 Å². The van der Waals surface area contributed by atoms with Gasteiger partial charge < -0.3 is 23.9 Å². The van der Waals surface area contributed by atoms with Crippen molar-refractivity contribution < 1.29 is 33.6 Å². The van der Waals surface area contributed by atoms with E-state index in [1.54, 1.807) is 67.0 Å². The monoisotopic (exact) mass is 470 g/mol. The molecule has 1 amide bonds. The summed E-state index contributed by atoms with van der Waals surface area (Å²) >= 11 is 0. The Morgan fingerprint density at radius 2 is 1.83 bits per heavy atom. The lowest BCUT2D eigenvalue weighted by molar-refractivity contribution is -0.378. The van der Waals surface area contributed by atoms with Gasteiger partial charge in [-0.05, 0) is 30.0 Å². The van der Waals surface area contributed by atoms with E-state index in [0.29, 0.717) is 28.0 Å². The van der Waals surface area contributed by atoms with Gasteiger partial charge in [0, 0.05) is 28.2 Å². The number of furan rings is 1. The van der Waals surface area contributed by atoms with Crippen LogP contribution >= 0.6 is 0 Å². The number of carbonyl (C=O) groups excluding carboxylic acids is 2. The lowest BCUT2D eigenvalue weighted by Crippen LogP contribution is -2.32. The number of nitrogens with one attached hydrogen (secondary N) is 1. The number of ether oxygens (including phenoxy) is 2. The number of hydrogen-bond donors (Lipinski definition) is 0. The first-order chi connectivity index (χ1) is 17.0. The summed E-state index contributed by atoms with van der Waals surface area (Å²) < 4.78 is 16.7. The Bertz CT molecular complexity index is 1460. The van der Waals surface area contributed by atoms with Crippen LogP contribution in [-0.2, 0) is 11.3 Å². The summed E-state index contributed by atoms with van der Waals surface area (Å²) in [5, 5.41) is 13.9. The van der Waals surface area contributed by atoms with Crippen molar-refractivity contribution in [3.63, 3.8) is 0 Å². The molecule has 2 aromatic heterocycles. The van der Waals surface area contributed by atoms with Crippen molar-refractivity contribution in [1.29, 1.82) is 0 Å². The molecule has 35 heavy (non-hydrogen) atoms. The van der Waals surface area contributed by atoms with Crippen LogP contribution in [0.3, 0.4) is 0 Å². The number of H-pyrrole nitrogens is 1. The molecule has 2 aromatic carbocycles. The molecule has 0 fully saturated rings. The molecular formula is C27H22N2O6. The van der Waals surface area contributed by atoms with Gasteiger partial charge in [-0.15, -0.1) is 0 Å². The van der Waals surface area contributed by atoms with Gasteiger partial charge in [0.05, 0.1) is 26.8 Å². The molecule has 8 nitrogen and oxygen atoms in total. The summed E-state index contributed by atoms with van der Waals surface area (Å²) in [4.78, 5) is 31.3. The van der Waals surface area contributed by atoms with E-state index < -0.39 is 23.5 Å². The smallest absolute Gasteiger partial charge is 0.240 e. The molecule has 3 heterocycles. The second-order valence-corrected chi connectivity index (χ2v) is 8.05. The molecule has 4 aromatic rings. The fraction of sp³-hybridized carbons (Fsp3) is 0.148. The van der Waals surface area contributed by atoms with Crippen molar-refractivity contribution in [3.8, 4) is 11.5 Å². The fourth-order valence-electron chi connectivity index (χ4n) is 4.42. The van der Waals surface area contributed by atoms with E-state index >= 15 is 0 Å². The molecule has 0 bridgehead atoms. The van der Waals surface area contributed by atoms with Crippen molar-refractivity contribution in [1.82, 2.24) is 4.90 Å². The third-order valence-corrected chi connectivity index (χ3v) is 6.04. The molecule has 176 valence electrons. The Morgan fingerprint density at radius 1 is 1.06 bits per heavy atom. The minimum absolute atomic E-state index is 0.0459. The number of aromatic nitrogens is 1. The molecule has 1 N–H and O–H groups in total. The highest BCUT2D eigenvalue weighted by Crippen LogP contribution is 2.43. The van der Waals surface area contributed by atoms with Gasteiger partial charge in [-0.2, -0.15) is 0 Å². The largest absolute Gasteiger partial charge is 0.868 e.